The zero-order valence-corrected chi connectivity index (χ0v) is 11.7. The van der Waals surface area contributed by atoms with Crippen LogP contribution < -0.4 is 0 Å². The van der Waals surface area contributed by atoms with Gasteiger partial charge < -0.3 is 5.11 Å². The lowest BCUT2D eigenvalue weighted by Gasteiger charge is -2.31. The Balaban J connectivity index is 1.56. The fraction of sp³-hybridized carbons (Fsp3) is 0.786. The Labute approximate surface area is 113 Å². The monoisotopic (exact) mass is 266 g/mol. The molecule has 3 rings (SSSR count). The third kappa shape index (κ3) is 2.76. The molecule has 2 aliphatic rings. The number of thiazole rings is 1. The maximum Gasteiger partial charge on any atom is 0.0959 e. The summed E-state index contributed by atoms with van der Waals surface area (Å²) in [7, 11) is 0. The van der Waals surface area contributed by atoms with Crippen LogP contribution in [0, 0.1) is 5.92 Å². The molecule has 0 aromatic carbocycles. The molecule has 1 aliphatic carbocycles. The highest BCUT2D eigenvalue weighted by molar-refractivity contribution is 7.11. The minimum absolute atomic E-state index is 0.340. The van der Waals surface area contributed by atoms with E-state index in [2.05, 4.69) is 16.1 Å². The zero-order chi connectivity index (χ0) is 12.4. The first kappa shape index (κ1) is 12.6. The van der Waals surface area contributed by atoms with Gasteiger partial charge in [-0.2, -0.15) is 0 Å². The van der Waals surface area contributed by atoms with Crippen LogP contribution in [0.2, 0.25) is 0 Å². The summed E-state index contributed by atoms with van der Waals surface area (Å²) in [4.78, 5) is 8.46. The van der Waals surface area contributed by atoms with Crippen molar-refractivity contribution in [3.63, 3.8) is 0 Å². The van der Waals surface area contributed by atoms with Crippen LogP contribution in [-0.2, 0) is 6.54 Å². The number of aliphatic hydroxyl groups is 1. The van der Waals surface area contributed by atoms with E-state index >= 15 is 0 Å². The average Bonchev–Trinajstić information content (AvgIpc) is 2.75. The van der Waals surface area contributed by atoms with Gasteiger partial charge in [0.2, 0.25) is 0 Å². The minimum atomic E-state index is 0.340. The maximum absolute atomic E-state index is 9.25. The van der Waals surface area contributed by atoms with Crippen molar-refractivity contribution in [2.75, 3.05) is 19.7 Å². The largest absolute Gasteiger partial charge is 0.396 e. The second kappa shape index (κ2) is 5.68. The first-order chi connectivity index (χ1) is 8.85. The van der Waals surface area contributed by atoms with E-state index in [9.17, 15) is 5.11 Å². The van der Waals surface area contributed by atoms with Crippen LogP contribution in [0.5, 0.6) is 0 Å². The standard InChI is InChI=1S/C14H22N2OS/c17-10-11-3-2-6-16(8-11)9-13-7-15-14(18-13)12-4-1-5-12/h7,11-12,17H,1-6,8-10H2. The van der Waals surface area contributed by atoms with Gasteiger partial charge in [0.25, 0.3) is 0 Å². The van der Waals surface area contributed by atoms with Gasteiger partial charge in [-0.25, -0.2) is 4.98 Å². The van der Waals surface area contributed by atoms with E-state index in [1.807, 2.05) is 11.3 Å². The second-order valence-electron chi connectivity index (χ2n) is 5.72. The topological polar surface area (TPSA) is 36.4 Å². The number of hydrogen-bond donors (Lipinski definition) is 1. The molecule has 18 heavy (non-hydrogen) atoms. The van der Waals surface area contributed by atoms with Crippen molar-refractivity contribution in [1.29, 1.82) is 0 Å². The molecule has 100 valence electrons. The van der Waals surface area contributed by atoms with E-state index in [0.717, 1.165) is 19.0 Å². The quantitative estimate of drug-likeness (QED) is 0.910. The van der Waals surface area contributed by atoms with Gasteiger partial charge in [-0.3, -0.25) is 4.90 Å². The van der Waals surface area contributed by atoms with Crippen LogP contribution in [0.15, 0.2) is 6.20 Å². The van der Waals surface area contributed by atoms with Gasteiger partial charge in [-0.05, 0) is 38.1 Å². The van der Waals surface area contributed by atoms with Crippen LogP contribution in [0.4, 0.5) is 0 Å². The highest BCUT2D eigenvalue weighted by atomic mass is 32.1. The van der Waals surface area contributed by atoms with Crippen LogP contribution in [0.1, 0.15) is 47.9 Å². The summed E-state index contributed by atoms with van der Waals surface area (Å²) in [6, 6.07) is 0. The predicted octanol–water partition coefficient (Wildman–Crippen LogP) is 2.61. The van der Waals surface area contributed by atoms with Crippen molar-refractivity contribution in [3.05, 3.63) is 16.1 Å². The van der Waals surface area contributed by atoms with E-state index in [1.165, 1.54) is 48.5 Å². The van der Waals surface area contributed by atoms with E-state index in [4.69, 9.17) is 0 Å². The molecular weight excluding hydrogens is 244 g/mol. The number of rotatable bonds is 4. The van der Waals surface area contributed by atoms with Gasteiger partial charge in [-0.15, -0.1) is 11.3 Å². The molecule has 2 fully saturated rings. The summed E-state index contributed by atoms with van der Waals surface area (Å²) in [6.45, 7) is 3.59. The molecule has 1 saturated heterocycles. The predicted molar refractivity (Wildman–Crippen MR) is 73.8 cm³/mol. The van der Waals surface area contributed by atoms with Gasteiger partial charge in [0.1, 0.15) is 0 Å². The van der Waals surface area contributed by atoms with Crippen molar-refractivity contribution >= 4 is 11.3 Å². The van der Waals surface area contributed by atoms with Crippen LogP contribution in [-0.4, -0.2) is 34.7 Å². The molecule has 0 bridgehead atoms. The smallest absolute Gasteiger partial charge is 0.0959 e. The summed E-state index contributed by atoms with van der Waals surface area (Å²) in [5.41, 5.74) is 0. The maximum atomic E-state index is 9.25. The number of aromatic nitrogens is 1. The van der Waals surface area contributed by atoms with Crippen molar-refractivity contribution in [2.24, 2.45) is 5.92 Å². The Morgan fingerprint density at radius 1 is 1.33 bits per heavy atom. The van der Waals surface area contributed by atoms with E-state index < -0.39 is 0 Å². The van der Waals surface area contributed by atoms with Crippen molar-refractivity contribution in [3.8, 4) is 0 Å². The van der Waals surface area contributed by atoms with Crippen LogP contribution in [0.3, 0.4) is 0 Å². The van der Waals surface area contributed by atoms with Crippen molar-refractivity contribution < 1.29 is 5.11 Å². The van der Waals surface area contributed by atoms with Gasteiger partial charge in [0, 0.05) is 36.7 Å². The van der Waals surface area contributed by atoms with E-state index in [1.54, 1.807) is 0 Å². The third-order valence-corrected chi connectivity index (χ3v) is 5.41. The Morgan fingerprint density at radius 2 is 2.22 bits per heavy atom. The fourth-order valence-corrected chi connectivity index (χ4v) is 4.03. The molecule has 1 aliphatic heterocycles. The molecule has 1 N–H and O–H groups in total. The first-order valence-corrected chi connectivity index (χ1v) is 7.94. The molecule has 3 nitrogen and oxygen atoms in total. The van der Waals surface area contributed by atoms with Crippen LogP contribution >= 0.6 is 11.3 Å². The number of piperidine rings is 1. The molecule has 2 heterocycles. The summed E-state index contributed by atoms with van der Waals surface area (Å²) in [6.07, 6.45) is 8.53. The minimum Gasteiger partial charge on any atom is -0.396 e. The van der Waals surface area contributed by atoms with Gasteiger partial charge >= 0.3 is 0 Å². The van der Waals surface area contributed by atoms with E-state index in [-0.39, 0.29) is 0 Å². The molecule has 1 aromatic rings. The van der Waals surface area contributed by atoms with Gasteiger partial charge in [0.05, 0.1) is 5.01 Å². The molecule has 1 saturated carbocycles. The summed E-state index contributed by atoms with van der Waals surface area (Å²) >= 11 is 1.90. The Morgan fingerprint density at radius 3 is 2.94 bits per heavy atom. The summed E-state index contributed by atoms with van der Waals surface area (Å²) in [5.74, 6) is 1.24. The average molecular weight is 266 g/mol. The highest BCUT2D eigenvalue weighted by Crippen LogP contribution is 2.38. The lowest BCUT2D eigenvalue weighted by atomic mass is 9.86. The van der Waals surface area contributed by atoms with Gasteiger partial charge in [0.15, 0.2) is 0 Å². The Kier molecular flexibility index (Phi) is 3.97. The molecule has 1 atom stereocenters. The molecular formula is C14H22N2OS. The lowest BCUT2D eigenvalue weighted by Crippen LogP contribution is -2.36. The molecule has 0 radical (unpaired) electrons. The molecule has 1 unspecified atom stereocenters. The number of likely N-dealkylation sites (tertiary alicyclic amines) is 1. The zero-order valence-electron chi connectivity index (χ0n) is 10.8. The van der Waals surface area contributed by atoms with Crippen molar-refractivity contribution in [1.82, 2.24) is 9.88 Å². The highest BCUT2D eigenvalue weighted by Gasteiger charge is 2.24. The second-order valence-corrected chi connectivity index (χ2v) is 6.87. The number of aliphatic hydroxyl groups excluding tert-OH is 1. The Bertz CT molecular complexity index is 389. The Hall–Kier alpha value is -0.450. The SMILES string of the molecule is OCC1CCCN(Cc2cnc(C3CCC3)s2)C1. The lowest BCUT2D eigenvalue weighted by molar-refractivity contribution is 0.116. The first-order valence-electron chi connectivity index (χ1n) is 7.13. The van der Waals surface area contributed by atoms with E-state index in [0.29, 0.717) is 12.5 Å². The fourth-order valence-electron chi connectivity index (χ4n) is 2.90. The normalized spacial score (nSPS) is 26.2. The summed E-state index contributed by atoms with van der Waals surface area (Å²) < 4.78 is 0. The van der Waals surface area contributed by atoms with Gasteiger partial charge in [-0.1, -0.05) is 6.42 Å². The molecule has 1 aromatic heterocycles. The number of nitrogens with zero attached hydrogens (tertiary/aromatic N) is 2. The molecule has 0 spiro atoms. The van der Waals surface area contributed by atoms with Crippen LogP contribution in [0.25, 0.3) is 0 Å². The third-order valence-electron chi connectivity index (χ3n) is 4.27. The molecule has 0 amide bonds. The summed E-state index contributed by atoms with van der Waals surface area (Å²) in [5, 5.41) is 10.6. The number of hydrogen-bond acceptors (Lipinski definition) is 4. The van der Waals surface area contributed by atoms with Crippen molar-refractivity contribution in [2.45, 2.75) is 44.6 Å². The molecule has 4 heteroatoms.